The fourth-order valence-corrected chi connectivity index (χ4v) is 2.98. The largest absolute Gasteiger partial charge is 0.383 e. The molecule has 6 nitrogen and oxygen atoms in total. The van der Waals surface area contributed by atoms with Crippen LogP contribution >= 0.6 is 0 Å². The average molecular weight is 314 g/mol. The average Bonchev–Trinajstić information content (AvgIpc) is 2.68. The highest BCUT2D eigenvalue weighted by Gasteiger charge is 2.61. The van der Waals surface area contributed by atoms with E-state index in [1.807, 2.05) is 4.57 Å². The molecule has 2 aliphatic rings. The number of alkyl halides is 2. The smallest absolute Gasteiger partial charge is 0.352 e. The summed E-state index contributed by atoms with van der Waals surface area (Å²) >= 11 is 0. The highest BCUT2D eigenvalue weighted by Crippen LogP contribution is 2.44. The van der Waals surface area contributed by atoms with Crippen LogP contribution in [0.25, 0.3) is 0 Å². The first-order chi connectivity index (χ1) is 10.4. The van der Waals surface area contributed by atoms with Gasteiger partial charge in [-0.2, -0.15) is 8.78 Å². The van der Waals surface area contributed by atoms with Gasteiger partial charge in [0.05, 0.1) is 6.54 Å². The van der Waals surface area contributed by atoms with Crippen molar-refractivity contribution in [3.05, 3.63) is 11.6 Å². The van der Waals surface area contributed by atoms with Crippen LogP contribution in [0.2, 0.25) is 0 Å². The maximum atomic E-state index is 14.0. The van der Waals surface area contributed by atoms with E-state index < -0.39 is 17.4 Å². The highest BCUT2D eigenvalue weighted by atomic mass is 19.3. The van der Waals surface area contributed by atoms with Crippen molar-refractivity contribution < 1.29 is 18.7 Å². The SMILES string of the molecule is O=C(NCc1nnc2n1CCCCC2)C(F)(F)C1(O)CCC1. The van der Waals surface area contributed by atoms with Crippen molar-refractivity contribution in [2.75, 3.05) is 0 Å². The van der Waals surface area contributed by atoms with Gasteiger partial charge in [0.1, 0.15) is 11.4 Å². The van der Waals surface area contributed by atoms with Crippen molar-refractivity contribution in [2.24, 2.45) is 0 Å². The van der Waals surface area contributed by atoms with E-state index in [0.29, 0.717) is 12.2 Å². The van der Waals surface area contributed by atoms with Crippen LogP contribution in [0.3, 0.4) is 0 Å². The molecule has 1 fully saturated rings. The Hall–Kier alpha value is -1.57. The van der Waals surface area contributed by atoms with Gasteiger partial charge in [0.25, 0.3) is 5.91 Å². The molecule has 1 aliphatic heterocycles. The Balaban J connectivity index is 1.65. The number of aliphatic hydroxyl groups is 1. The standard InChI is InChI=1S/C14H20F2N4O2/c15-14(16,13(22)6-4-7-13)12(21)17-9-11-19-18-10-5-2-1-3-8-20(10)11/h22H,1-9H2,(H,17,21). The van der Waals surface area contributed by atoms with Gasteiger partial charge in [-0.25, -0.2) is 0 Å². The van der Waals surface area contributed by atoms with E-state index in [4.69, 9.17) is 0 Å². The van der Waals surface area contributed by atoms with Gasteiger partial charge >= 0.3 is 5.92 Å². The van der Waals surface area contributed by atoms with Gasteiger partial charge in [-0.1, -0.05) is 6.42 Å². The fourth-order valence-electron chi connectivity index (χ4n) is 2.98. The second-order valence-corrected chi connectivity index (χ2v) is 6.14. The van der Waals surface area contributed by atoms with Crippen molar-refractivity contribution >= 4 is 5.91 Å². The molecular formula is C14H20F2N4O2. The molecule has 0 unspecified atom stereocenters. The van der Waals surface area contributed by atoms with E-state index in [1.54, 1.807) is 0 Å². The summed E-state index contributed by atoms with van der Waals surface area (Å²) < 4.78 is 29.8. The van der Waals surface area contributed by atoms with Gasteiger partial charge in [-0.3, -0.25) is 4.79 Å². The summed E-state index contributed by atoms with van der Waals surface area (Å²) in [6.45, 7) is 0.644. The van der Waals surface area contributed by atoms with E-state index in [0.717, 1.165) is 38.1 Å². The third-order valence-electron chi connectivity index (χ3n) is 4.64. The summed E-state index contributed by atoms with van der Waals surface area (Å²) in [7, 11) is 0. The maximum Gasteiger partial charge on any atom is 0.352 e. The number of hydrogen-bond acceptors (Lipinski definition) is 4. The van der Waals surface area contributed by atoms with Crippen molar-refractivity contribution in [3.8, 4) is 0 Å². The number of rotatable bonds is 4. The molecule has 22 heavy (non-hydrogen) atoms. The summed E-state index contributed by atoms with van der Waals surface area (Å²) in [6.07, 6.45) is 4.35. The van der Waals surface area contributed by atoms with Crippen LogP contribution < -0.4 is 5.32 Å². The van der Waals surface area contributed by atoms with Crippen LogP contribution in [0.1, 0.15) is 50.2 Å². The van der Waals surface area contributed by atoms with Crippen LogP contribution in [0.4, 0.5) is 8.78 Å². The fraction of sp³-hybridized carbons (Fsp3) is 0.786. The number of nitrogens with zero attached hydrogens (tertiary/aromatic N) is 3. The number of aryl methyl sites for hydroxylation is 1. The molecule has 2 heterocycles. The van der Waals surface area contributed by atoms with Crippen LogP contribution in [-0.4, -0.2) is 37.3 Å². The predicted octanol–water partition coefficient (Wildman–Crippen LogP) is 1.17. The molecule has 0 radical (unpaired) electrons. The molecule has 0 spiro atoms. The van der Waals surface area contributed by atoms with E-state index in [9.17, 15) is 18.7 Å². The first kappa shape index (κ1) is 15.3. The Morgan fingerprint density at radius 3 is 2.73 bits per heavy atom. The summed E-state index contributed by atoms with van der Waals surface area (Å²) in [5, 5.41) is 20.0. The van der Waals surface area contributed by atoms with Crippen LogP contribution in [0, 0.1) is 0 Å². The number of amides is 1. The first-order valence-corrected chi connectivity index (χ1v) is 7.73. The number of hydrogen-bond donors (Lipinski definition) is 2. The molecule has 3 rings (SSSR count). The lowest BCUT2D eigenvalue weighted by molar-refractivity contribution is -0.216. The molecule has 1 aromatic rings. The lowest BCUT2D eigenvalue weighted by Crippen LogP contribution is -2.60. The molecular weight excluding hydrogens is 294 g/mol. The number of fused-ring (bicyclic) bond motifs is 1. The minimum Gasteiger partial charge on any atom is -0.383 e. The van der Waals surface area contributed by atoms with Crippen molar-refractivity contribution in [1.82, 2.24) is 20.1 Å². The van der Waals surface area contributed by atoms with E-state index in [1.165, 1.54) is 0 Å². The molecule has 1 aromatic heterocycles. The highest BCUT2D eigenvalue weighted by molar-refractivity contribution is 5.85. The molecule has 1 aliphatic carbocycles. The zero-order chi connectivity index (χ0) is 15.8. The van der Waals surface area contributed by atoms with Crippen LogP contribution in [0.5, 0.6) is 0 Å². The number of carbonyl (C=O) groups is 1. The van der Waals surface area contributed by atoms with E-state index >= 15 is 0 Å². The number of carbonyl (C=O) groups excluding carboxylic acids is 1. The minimum atomic E-state index is -3.77. The Bertz CT molecular complexity index is 569. The second-order valence-electron chi connectivity index (χ2n) is 6.14. The molecule has 0 aromatic carbocycles. The monoisotopic (exact) mass is 314 g/mol. The summed E-state index contributed by atoms with van der Waals surface area (Å²) in [4.78, 5) is 11.8. The Morgan fingerprint density at radius 1 is 1.27 bits per heavy atom. The molecule has 2 N–H and O–H groups in total. The lowest BCUT2D eigenvalue weighted by atomic mass is 9.75. The number of halogens is 2. The molecule has 0 saturated heterocycles. The van der Waals surface area contributed by atoms with Crippen molar-refractivity contribution in [1.29, 1.82) is 0 Å². The zero-order valence-electron chi connectivity index (χ0n) is 12.3. The maximum absolute atomic E-state index is 14.0. The van der Waals surface area contributed by atoms with Crippen LogP contribution in [0.15, 0.2) is 0 Å². The number of nitrogens with one attached hydrogen (secondary N) is 1. The number of aromatic nitrogens is 3. The third kappa shape index (κ3) is 2.49. The lowest BCUT2D eigenvalue weighted by Gasteiger charge is -2.41. The first-order valence-electron chi connectivity index (χ1n) is 7.73. The predicted molar refractivity (Wildman–Crippen MR) is 73.2 cm³/mol. The van der Waals surface area contributed by atoms with Gasteiger partial charge in [-0.05, 0) is 32.1 Å². The van der Waals surface area contributed by atoms with Gasteiger partial charge < -0.3 is 15.0 Å². The Morgan fingerprint density at radius 2 is 2.05 bits per heavy atom. The molecule has 1 saturated carbocycles. The summed E-state index contributed by atoms with van der Waals surface area (Å²) in [6, 6.07) is 0. The summed E-state index contributed by atoms with van der Waals surface area (Å²) in [5.74, 6) is -3.89. The topological polar surface area (TPSA) is 80.0 Å². The molecule has 0 atom stereocenters. The van der Waals surface area contributed by atoms with E-state index in [2.05, 4.69) is 15.5 Å². The van der Waals surface area contributed by atoms with Crippen molar-refractivity contribution in [2.45, 2.75) is 69.6 Å². The van der Waals surface area contributed by atoms with Gasteiger partial charge in [0, 0.05) is 13.0 Å². The van der Waals surface area contributed by atoms with Gasteiger partial charge in [0.15, 0.2) is 5.82 Å². The van der Waals surface area contributed by atoms with Crippen LogP contribution in [-0.2, 0) is 24.3 Å². The Kier molecular flexibility index (Phi) is 3.88. The zero-order valence-corrected chi connectivity index (χ0v) is 12.3. The van der Waals surface area contributed by atoms with Gasteiger partial charge in [0.2, 0.25) is 0 Å². The quantitative estimate of drug-likeness (QED) is 0.874. The summed E-state index contributed by atoms with van der Waals surface area (Å²) in [5.41, 5.74) is -2.20. The third-order valence-corrected chi connectivity index (χ3v) is 4.64. The molecule has 122 valence electrons. The van der Waals surface area contributed by atoms with Gasteiger partial charge in [-0.15, -0.1) is 10.2 Å². The normalized spacial score (nSPS) is 20.7. The molecule has 0 bridgehead atoms. The van der Waals surface area contributed by atoms with E-state index in [-0.39, 0.29) is 19.4 Å². The van der Waals surface area contributed by atoms with Crippen molar-refractivity contribution in [3.63, 3.8) is 0 Å². The molecule has 8 heteroatoms. The Labute approximate surface area is 126 Å². The minimum absolute atomic E-state index is 0.0479. The molecule has 1 amide bonds. The second kappa shape index (κ2) is 5.57.